The SMILES string of the molecule is OCCN(Cc1cccc2[nH]nnc12)Cc1cccc2[nH]nnc12. The van der Waals surface area contributed by atoms with Crippen LogP contribution >= 0.6 is 0 Å². The summed E-state index contributed by atoms with van der Waals surface area (Å²) in [7, 11) is 0. The van der Waals surface area contributed by atoms with E-state index >= 15 is 0 Å². The number of nitrogens with zero attached hydrogens (tertiary/aromatic N) is 5. The molecule has 2 heterocycles. The molecule has 0 saturated heterocycles. The number of hydrogen-bond acceptors (Lipinski definition) is 6. The van der Waals surface area contributed by atoms with E-state index in [4.69, 9.17) is 0 Å². The van der Waals surface area contributed by atoms with Crippen molar-refractivity contribution in [1.82, 2.24) is 35.7 Å². The van der Waals surface area contributed by atoms with Crippen molar-refractivity contribution in [3.05, 3.63) is 47.5 Å². The molecular weight excluding hydrogens is 306 g/mol. The minimum absolute atomic E-state index is 0.0869. The molecule has 0 fully saturated rings. The van der Waals surface area contributed by atoms with Crippen LogP contribution in [0.3, 0.4) is 0 Å². The van der Waals surface area contributed by atoms with Gasteiger partial charge in [0.15, 0.2) is 0 Å². The van der Waals surface area contributed by atoms with Crippen LogP contribution in [0.15, 0.2) is 36.4 Å². The molecule has 24 heavy (non-hydrogen) atoms. The highest BCUT2D eigenvalue weighted by atomic mass is 16.3. The van der Waals surface area contributed by atoms with Gasteiger partial charge in [0.25, 0.3) is 0 Å². The molecule has 0 spiro atoms. The molecule has 0 aliphatic carbocycles. The maximum atomic E-state index is 9.43. The summed E-state index contributed by atoms with van der Waals surface area (Å²) in [5.41, 5.74) is 5.69. The van der Waals surface area contributed by atoms with Crippen LogP contribution in [0.25, 0.3) is 22.1 Å². The third-order valence-electron chi connectivity index (χ3n) is 4.08. The zero-order chi connectivity index (χ0) is 16.4. The molecule has 4 rings (SSSR count). The van der Waals surface area contributed by atoms with Crippen molar-refractivity contribution in [1.29, 1.82) is 0 Å². The molecular formula is C16H17N7O. The minimum atomic E-state index is 0.0869. The van der Waals surface area contributed by atoms with E-state index in [-0.39, 0.29) is 6.61 Å². The van der Waals surface area contributed by atoms with E-state index in [1.807, 2.05) is 36.4 Å². The summed E-state index contributed by atoms with van der Waals surface area (Å²) in [6.45, 7) is 1.98. The highest BCUT2D eigenvalue weighted by Crippen LogP contribution is 2.19. The Labute approximate surface area is 137 Å². The van der Waals surface area contributed by atoms with Crippen molar-refractivity contribution < 1.29 is 5.11 Å². The minimum Gasteiger partial charge on any atom is -0.395 e. The maximum Gasteiger partial charge on any atom is 0.117 e. The smallest absolute Gasteiger partial charge is 0.117 e. The molecule has 0 atom stereocenters. The average Bonchev–Trinajstić information content (AvgIpc) is 3.25. The predicted octanol–water partition coefficient (Wildman–Crippen LogP) is 1.22. The number of nitrogens with one attached hydrogen (secondary N) is 2. The summed E-state index contributed by atoms with van der Waals surface area (Å²) in [4.78, 5) is 2.16. The highest BCUT2D eigenvalue weighted by molar-refractivity contribution is 5.78. The normalized spacial score (nSPS) is 11.8. The summed E-state index contributed by atoms with van der Waals surface area (Å²) >= 11 is 0. The van der Waals surface area contributed by atoms with Gasteiger partial charge >= 0.3 is 0 Å². The van der Waals surface area contributed by atoms with Gasteiger partial charge in [-0.3, -0.25) is 15.1 Å². The molecule has 4 aromatic rings. The summed E-state index contributed by atoms with van der Waals surface area (Å²) in [6, 6.07) is 11.9. The van der Waals surface area contributed by atoms with Crippen LogP contribution in [0, 0.1) is 0 Å². The highest BCUT2D eigenvalue weighted by Gasteiger charge is 2.13. The standard InChI is InChI=1S/C16H17N7O/c24-8-7-23(9-11-3-1-5-13-15(11)19-21-17-13)10-12-4-2-6-14-16(12)20-22-18-14/h1-6,24H,7-10H2,(H,17,19,21)(H,18,20,22). The molecule has 0 saturated carbocycles. The van der Waals surface area contributed by atoms with Crippen LogP contribution in [-0.4, -0.2) is 54.0 Å². The third kappa shape index (κ3) is 2.72. The largest absolute Gasteiger partial charge is 0.395 e. The van der Waals surface area contributed by atoms with Crippen LogP contribution in [0.1, 0.15) is 11.1 Å². The number of hydrogen-bond donors (Lipinski definition) is 3. The number of aromatic nitrogens is 6. The first-order chi connectivity index (χ1) is 11.8. The van der Waals surface area contributed by atoms with E-state index in [1.165, 1.54) is 0 Å². The molecule has 0 amide bonds. The van der Waals surface area contributed by atoms with E-state index in [0.717, 1.165) is 33.2 Å². The van der Waals surface area contributed by atoms with Crippen molar-refractivity contribution in [2.75, 3.05) is 13.2 Å². The first-order valence-corrected chi connectivity index (χ1v) is 7.75. The van der Waals surface area contributed by atoms with Gasteiger partial charge in [0.05, 0.1) is 17.6 Å². The fraction of sp³-hybridized carbons (Fsp3) is 0.250. The van der Waals surface area contributed by atoms with Gasteiger partial charge in [-0.25, -0.2) is 0 Å². The Morgan fingerprint density at radius 3 is 1.88 bits per heavy atom. The number of benzene rings is 2. The molecule has 8 nitrogen and oxygen atoms in total. The molecule has 122 valence electrons. The number of H-pyrrole nitrogens is 2. The number of aromatic amines is 2. The second-order valence-corrected chi connectivity index (χ2v) is 5.68. The van der Waals surface area contributed by atoms with E-state index < -0.39 is 0 Å². The van der Waals surface area contributed by atoms with Gasteiger partial charge in [0.1, 0.15) is 11.0 Å². The van der Waals surface area contributed by atoms with Crippen molar-refractivity contribution in [3.8, 4) is 0 Å². The number of aliphatic hydroxyl groups excluding tert-OH is 1. The molecule has 0 radical (unpaired) electrons. The van der Waals surface area contributed by atoms with Crippen molar-refractivity contribution in [3.63, 3.8) is 0 Å². The van der Waals surface area contributed by atoms with Gasteiger partial charge in [-0.05, 0) is 23.3 Å². The quantitative estimate of drug-likeness (QED) is 0.492. The summed E-state index contributed by atoms with van der Waals surface area (Å²) in [6.07, 6.45) is 0. The second kappa shape index (κ2) is 6.34. The van der Waals surface area contributed by atoms with E-state index in [0.29, 0.717) is 19.6 Å². The third-order valence-corrected chi connectivity index (χ3v) is 4.08. The molecule has 0 unspecified atom stereocenters. The lowest BCUT2D eigenvalue weighted by molar-refractivity contribution is 0.185. The van der Waals surface area contributed by atoms with Crippen LogP contribution in [0.4, 0.5) is 0 Å². The Bertz CT molecular complexity index is 885. The summed E-state index contributed by atoms with van der Waals surface area (Å²) < 4.78 is 0. The van der Waals surface area contributed by atoms with Crippen LogP contribution in [0.2, 0.25) is 0 Å². The topological polar surface area (TPSA) is 107 Å². The van der Waals surface area contributed by atoms with Crippen LogP contribution in [0.5, 0.6) is 0 Å². The van der Waals surface area contributed by atoms with Crippen molar-refractivity contribution >= 4 is 22.1 Å². The molecule has 2 aromatic heterocycles. The van der Waals surface area contributed by atoms with E-state index in [2.05, 4.69) is 35.7 Å². The van der Waals surface area contributed by atoms with Gasteiger partial charge in [-0.2, -0.15) is 0 Å². The zero-order valence-electron chi connectivity index (χ0n) is 13.0. The number of fused-ring (bicyclic) bond motifs is 2. The van der Waals surface area contributed by atoms with Gasteiger partial charge in [-0.1, -0.05) is 34.7 Å². The first kappa shape index (κ1) is 14.7. The van der Waals surface area contributed by atoms with E-state index in [1.54, 1.807) is 0 Å². The lowest BCUT2D eigenvalue weighted by atomic mass is 10.1. The van der Waals surface area contributed by atoms with Gasteiger partial charge < -0.3 is 5.11 Å². The van der Waals surface area contributed by atoms with Crippen LogP contribution in [-0.2, 0) is 13.1 Å². The summed E-state index contributed by atoms with van der Waals surface area (Å²) in [5, 5.41) is 31.3. The Hall–Kier alpha value is -2.84. The molecule has 8 heteroatoms. The predicted molar refractivity (Wildman–Crippen MR) is 89.0 cm³/mol. The monoisotopic (exact) mass is 323 g/mol. The van der Waals surface area contributed by atoms with Crippen molar-refractivity contribution in [2.24, 2.45) is 0 Å². The molecule has 0 aliphatic heterocycles. The maximum absolute atomic E-state index is 9.43. The number of rotatable bonds is 6. The fourth-order valence-corrected chi connectivity index (χ4v) is 2.95. The second-order valence-electron chi connectivity index (χ2n) is 5.68. The molecule has 2 aromatic carbocycles. The first-order valence-electron chi connectivity index (χ1n) is 7.75. The fourth-order valence-electron chi connectivity index (χ4n) is 2.95. The van der Waals surface area contributed by atoms with Crippen molar-refractivity contribution in [2.45, 2.75) is 13.1 Å². The summed E-state index contributed by atoms with van der Waals surface area (Å²) in [5.74, 6) is 0. The lowest BCUT2D eigenvalue weighted by Gasteiger charge is -2.21. The Balaban J connectivity index is 1.63. The Morgan fingerprint density at radius 2 is 1.38 bits per heavy atom. The number of aliphatic hydroxyl groups is 1. The molecule has 0 bridgehead atoms. The average molecular weight is 323 g/mol. The van der Waals surface area contributed by atoms with Gasteiger partial charge in [0.2, 0.25) is 0 Å². The lowest BCUT2D eigenvalue weighted by Crippen LogP contribution is -2.26. The van der Waals surface area contributed by atoms with E-state index in [9.17, 15) is 5.11 Å². The van der Waals surface area contributed by atoms with Crippen LogP contribution < -0.4 is 0 Å². The zero-order valence-corrected chi connectivity index (χ0v) is 13.0. The molecule has 3 N–H and O–H groups in total. The Morgan fingerprint density at radius 1 is 0.833 bits per heavy atom. The Kier molecular flexibility index (Phi) is 3.89. The van der Waals surface area contributed by atoms with Gasteiger partial charge in [-0.15, -0.1) is 10.2 Å². The molecule has 0 aliphatic rings. The van der Waals surface area contributed by atoms with Gasteiger partial charge in [0, 0.05) is 19.6 Å².